The number of carbonyl (C=O) groups excluding carboxylic acids is 1. The summed E-state index contributed by atoms with van der Waals surface area (Å²) < 4.78 is 4.90. The van der Waals surface area contributed by atoms with Crippen molar-refractivity contribution < 1.29 is 19.4 Å². The lowest BCUT2D eigenvalue weighted by Gasteiger charge is -2.20. The van der Waals surface area contributed by atoms with Gasteiger partial charge in [-0.15, -0.1) is 0 Å². The van der Waals surface area contributed by atoms with E-state index in [4.69, 9.17) is 9.84 Å². The molecule has 0 fully saturated rings. The maximum atomic E-state index is 11.2. The van der Waals surface area contributed by atoms with Crippen LogP contribution < -0.4 is 0 Å². The lowest BCUT2D eigenvalue weighted by molar-refractivity contribution is -0.152. The summed E-state index contributed by atoms with van der Waals surface area (Å²) in [6, 6.07) is 0. The van der Waals surface area contributed by atoms with Gasteiger partial charge in [0.05, 0.1) is 6.42 Å². The predicted molar refractivity (Wildman–Crippen MR) is 50.6 cm³/mol. The van der Waals surface area contributed by atoms with Gasteiger partial charge in [-0.3, -0.25) is 9.69 Å². The minimum Gasteiger partial charge on any atom is -0.481 e. The van der Waals surface area contributed by atoms with Gasteiger partial charge in [0.2, 0.25) is 0 Å². The SMILES string of the molecule is C=C(CC(=O)O)C(=O)OC(C)N(C)C. The molecule has 0 aliphatic carbocycles. The molecule has 0 saturated carbocycles. The van der Waals surface area contributed by atoms with Crippen molar-refractivity contribution in [2.24, 2.45) is 0 Å². The van der Waals surface area contributed by atoms with Crippen LogP contribution in [0, 0.1) is 0 Å². The van der Waals surface area contributed by atoms with E-state index in [1.807, 2.05) is 0 Å². The summed E-state index contributed by atoms with van der Waals surface area (Å²) in [5.74, 6) is -1.77. The van der Waals surface area contributed by atoms with Crippen LogP contribution in [-0.4, -0.2) is 42.3 Å². The molecule has 5 heteroatoms. The van der Waals surface area contributed by atoms with Gasteiger partial charge >= 0.3 is 11.9 Å². The van der Waals surface area contributed by atoms with Crippen LogP contribution in [0.1, 0.15) is 13.3 Å². The van der Waals surface area contributed by atoms with Gasteiger partial charge in [0, 0.05) is 5.57 Å². The zero-order valence-corrected chi connectivity index (χ0v) is 8.61. The molecule has 1 N–H and O–H groups in total. The molecule has 0 saturated heterocycles. The molecule has 14 heavy (non-hydrogen) atoms. The van der Waals surface area contributed by atoms with Gasteiger partial charge in [0.1, 0.15) is 0 Å². The summed E-state index contributed by atoms with van der Waals surface area (Å²) in [5.41, 5.74) is -0.0498. The molecule has 0 aliphatic rings. The van der Waals surface area contributed by atoms with Gasteiger partial charge in [-0.2, -0.15) is 0 Å². The quantitative estimate of drug-likeness (QED) is 0.398. The lowest BCUT2D eigenvalue weighted by Crippen LogP contribution is -2.30. The summed E-state index contributed by atoms with van der Waals surface area (Å²) in [6.07, 6.45) is -0.785. The number of hydrogen-bond acceptors (Lipinski definition) is 4. The highest BCUT2D eigenvalue weighted by Gasteiger charge is 2.16. The summed E-state index contributed by atoms with van der Waals surface area (Å²) in [5, 5.41) is 8.40. The van der Waals surface area contributed by atoms with Crippen molar-refractivity contribution in [1.29, 1.82) is 0 Å². The van der Waals surface area contributed by atoms with Gasteiger partial charge < -0.3 is 9.84 Å². The predicted octanol–water partition coefficient (Wildman–Crippen LogP) is 0.468. The summed E-state index contributed by atoms with van der Waals surface area (Å²) in [6.45, 7) is 5.02. The fourth-order valence-electron chi connectivity index (χ4n) is 0.598. The molecule has 0 bridgehead atoms. The first-order valence-electron chi connectivity index (χ1n) is 4.11. The maximum absolute atomic E-state index is 11.2. The van der Waals surface area contributed by atoms with Crippen molar-refractivity contribution in [2.45, 2.75) is 19.6 Å². The minimum absolute atomic E-state index is 0.0498. The van der Waals surface area contributed by atoms with Crippen molar-refractivity contribution in [3.8, 4) is 0 Å². The topological polar surface area (TPSA) is 66.8 Å². The molecule has 0 aromatic carbocycles. The third-order valence-electron chi connectivity index (χ3n) is 1.66. The third-order valence-corrected chi connectivity index (χ3v) is 1.66. The zero-order valence-electron chi connectivity index (χ0n) is 8.61. The average Bonchev–Trinajstić information content (AvgIpc) is 2.02. The highest BCUT2D eigenvalue weighted by molar-refractivity contribution is 5.92. The number of nitrogens with zero attached hydrogens (tertiary/aromatic N) is 1. The van der Waals surface area contributed by atoms with Crippen LogP contribution in [0.5, 0.6) is 0 Å². The molecular formula is C9H15NO4. The largest absolute Gasteiger partial charge is 0.481 e. The van der Waals surface area contributed by atoms with Crippen LogP contribution >= 0.6 is 0 Å². The summed E-state index contributed by atoms with van der Waals surface area (Å²) in [4.78, 5) is 23.1. The van der Waals surface area contributed by atoms with E-state index in [0.29, 0.717) is 0 Å². The molecule has 80 valence electrons. The van der Waals surface area contributed by atoms with E-state index in [-0.39, 0.29) is 12.0 Å². The van der Waals surface area contributed by atoms with Crippen molar-refractivity contribution >= 4 is 11.9 Å². The molecule has 5 nitrogen and oxygen atoms in total. The third kappa shape index (κ3) is 4.61. The number of hydrogen-bond donors (Lipinski definition) is 1. The second-order valence-electron chi connectivity index (χ2n) is 3.14. The van der Waals surface area contributed by atoms with Crippen molar-refractivity contribution in [3.63, 3.8) is 0 Å². The average molecular weight is 201 g/mol. The Hall–Kier alpha value is -1.36. The number of carboxylic acids is 1. The van der Waals surface area contributed by atoms with Crippen LogP contribution in [-0.2, 0) is 14.3 Å². The summed E-state index contributed by atoms with van der Waals surface area (Å²) in [7, 11) is 3.50. The molecule has 0 aromatic rings. The minimum atomic E-state index is -1.09. The Bertz CT molecular complexity index is 247. The van der Waals surface area contributed by atoms with E-state index in [0.717, 1.165) is 0 Å². The van der Waals surface area contributed by atoms with E-state index >= 15 is 0 Å². The molecule has 0 radical (unpaired) electrons. The normalized spacial score (nSPS) is 12.3. The number of rotatable bonds is 5. The van der Waals surface area contributed by atoms with Gasteiger partial charge in [-0.25, -0.2) is 4.79 Å². The van der Waals surface area contributed by atoms with Crippen molar-refractivity contribution in [1.82, 2.24) is 4.90 Å². The summed E-state index contributed by atoms with van der Waals surface area (Å²) >= 11 is 0. The Morgan fingerprint density at radius 3 is 2.36 bits per heavy atom. The fraction of sp³-hybridized carbons (Fsp3) is 0.556. The van der Waals surface area contributed by atoms with E-state index < -0.39 is 18.2 Å². The number of aliphatic carboxylic acids is 1. The van der Waals surface area contributed by atoms with Gasteiger partial charge in [0.15, 0.2) is 6.23 Å². The number of esters is 1. The first kappa shape index (κ1) is 12.6. The van der Waals surface area contributed by atoms with Crippen LogP contribution in [0.15, 0.2) is 12.2 Å². The molecule has 0 aliphatic heterocycles. The van der Waals surface area contributed by atoms with Crippen LogP contribution in [0.25, 0.3) is 0 Å². The Morgan fingerprint density at radius 1 is 1.50 bits per heavy atom. The molecule has 0 rings (SSSR count). The van der Waals surface area contributed by atoms with Crippen LogP contribution in [0.3, 0.4) is 0 Å². The molecule has 0 spiro atoms. The van der Waals surface area contributed by atoms with Crippen LogP contribution in [0.4, 0.5) is 0 Å². The molecule has 0 amide bonds. The highest BCUT2D eigenvalue weighted by Crippen LogP contribution is 2.04. The Balaban J connectivity index is 4.08. The van der Waals surface area contributed by atoms with E-state index in [1.54, 1.807) is 25.9 Å². The first-order valence-corrected chi connectivity index (χ1v) is 4.11. The standard InChI is InChI=1S/C9H15NO4/c1-6(5-8(11)12)9(13)14-7(2)10(3)4/h7H,1,5H2,2-4H3,(H,11,12). The van der Waals surface area contributed by atoms with Gasteiger partial charge in [-0.1, -0.05) is 6.58 Å². The molecule has 0 heterocycles. The monoisotopic (exact) mass is 201 g/mol. The molecular weight excluding hydrogens is 186 g/mol. The molecule has 0 aromatic heterocycles. The Morgan fingerprint density at radius 2 is 2.00 bits per heavy atom. The number of ether oxygens (including phenoxy) is 1. The lowest BCUT2D eigenvalue weighted by atomic mass is 10.2. The Kier molecular flexibility index (Phi) is 4.86. The second-order valence-corrected chi connectivity index (χ2v) is 3.14. The van der Waals surface area contributed by atoms with Crippen molar-refractivity contribution in [2.75, 3.05) is 14.1 Å². The highest BCUT2D eigenvalue weighted by atomic mass is 16.6. The Labute approximate surface area is 83.0 Å². The number of carboxylic acid groups (broad SMARTS) is 1. The van der Waals surface area contributed by atoms with Crippen molar-refractivity contribution in [3.05, 3.63) is 12.2 Å². The fourth-order valence-corrected chi connectivity index (χ4v) is 0.598. The maximum Gasteiger partial charge on any atom is 0.335 e. The molecule has 1 atom stereocenters. The smallest absolute Gasteiger partial charge is 0.335 e. The van der Waals surface area contributed by atoms with Gasteiger partial charge in [0.25, 0.3) is 0 Å². The second kappa shape index (κ2) is 5.39. The van der Waals surface area contributed by atoms with E-state index in [1.165, 1.54) is 0 Å². The molecule has 1 unspecified atom stereocenters. The van der Waals surface area contributed by atoms with E-state index in [9.17, 15) is 9.59 Å². The van der Waals surface area contributed by atoms with Crippen LogP contribution in [0.2, 0.25) is 0 Å². The number of carbonyl (C=O) groups is 2. The van der Waals surface area contributed by atoms with E-state index in [2.05, 4.69) is 6.58 Å². The first-order chi connectivity index (χ1) is 6.34. The zero-order chi connectivity index (χ0) is 11.3. The van der Waals surface area contributed by atoms with Gasteiger partial charge in [-0.05, 0) is 21.0 Å².